The first-order chi connectivity index (χ1) is 14.1. The third-order valence-corrected chi connectivity index (χ3v) is 5.42. The zero-order chi connectivity index (χ0) is 21.6. The smallest absolute Gasteiger partial charge is 0.416 e. The van der Waals surface area contributed by atoms with E-state index in [1.165, 1.54) is 11.0 Å². The number of carbonyl (C=O) groups is 1. The second-order valence-electron chi connectivity index (χ2n) is 7.61. The minimum Gasteiger partial charge on any atom is -0.447 e. The van der Waals surface area contributed by atoms with Crippen molar-refractivity contribution in [2.24, 2.45) is 0 Å². The molecule has 1 amide bonds. The summed E-state index contributed by atoms with van der Waals surface area (Å²) in [5, 5.41) is 1.48. The maximum absolute atomic E-state index is 13.3. The summed E-state index contributed by atoms with van der Waals surface area (Å²) < 4.78 is 45.4. The molecule has 0 fully saturated rings. The Morgan fingerprint density at radius 1 is 1.23 bits per heavy atom. The lowest BCUT2D eigenvalue weighted by atomic mass is 9.92. The van der Waals surface area contributed by atoms with Crippen LogP contribution in [0.1, 0.15) is 42.3 Å². The molecule has 30 heavy (non-hydrogen) atoms. The van der Waals surface area contributed by atoms with E-state index in [-0.39, 0.29) is 6.10 Å². The molecule has 0 bridgehead atoms. The highest BCUT2D eigenvalue weighted by Crippen LogP contribution is 2.41. The average molecular weight is 437 g/mol. The summed E-state index contributed by atoms with van der Waals surface area (Å²) in [5.41, 5.74) is 2.05. The van der Waals surface area contributed by atoms with Crippen molar-refractivity contribution < 1.29 is 22.7 Å². The van der Waals surface area contributed by atoms with Gasteiger partial charge >= 0.3 is 12.3 Å². The molecule has 0 spiro atoms. The number of fused-ring (bicyclic) bond motifs is 3. The molecule has 1 atom stereocenters. The molecule has 0 aliphatic carbocycles. The Balaban J connectivity index is 1.88. The van der Waals surface area contributed by atoms with Crippen molar-refractivity contribution in [2.75, 3.05) is 6.54 Å². The zero-order valence-corrected chi connectivity index (χ0v) is 17.1. The van der Waals surface area contributed by atoms with E-state index in [4.69, 9.17) is 16.3 Å². The van der Waals surface area contributed by atoms with Gasteiger partial charge in [-0.25, -0.2) is 4.79 Å². The molecule has 1 aliphatic heterocycles. The molecule has 1 aliphatic rings. The number of hydrogen-bond donors (Lipinski definition) is 1. The first-order valence-electron chi connectivity index (χ1n) is 9.59. The molecule has 0 radical (unpaired) electrons. The topological polar surface area (TPSA) is 45.3 Å². The van der Waals surface area contributed by atoms with Crippen molar-refractivity contribution in [2.45, 2.75) is 38.6 Å². The molecular weight excluding hydrogens is 417 g/mol. The number of carbonyl (C=O) groups excluding carboxylic acids is 1. The molecule has 2 aromatic carbocycles. The molecule has 1 N–H and O–H groups in total. The van der Waals surface area contributed by atoms with Crippen LogP contribution in [0.4, 0.5) is 18.0 Å². The van der Waals surface area contributed by atoms with Crippen LogP contribution in [0.2, 0.25) is 5.02 Å². The number of aromatic amines is 1. The van der Waals surface area contributed by atoms with E-state index in [1.54, 1.807) is 26.0 Å². The van der Waals surface area contributed by atoms with Crippen LogP contribution in [-0.2, 0) is 17.3 Å². The van der Waals surface area contributed by atoms with Crippen molar-refractivity contribution in [3.63, 3.8) is 0 Å². The third kappa shape index (κ3) is 3.74. The first kappa shape index (κ1) is 20.6. The number of hydrogen-bond acceptors (Lipinski definition) is 2. The third-order valence-electron chi connectivity index (χ3n) is 5.19. The Bertz CT molecular complexity index is 1110. The van der Waals surface area contributed by atoms with Gasteiger partial charge < -0.3 is 9.72 Å². The van der Waals surface area contributed by atoms with Gasteiger partial charge in [-0.15, -0.1) is 0 Å². The molecule has 1 aromatic heterocycles. The van der Waals surface area contributed by atoms with Crippen LogP contribution in [0.25, 0.3) is 10.9 Å². The van der Waals surface area contributed by atoms with E-state index in [1.807, 2.05) is 12.1 Å². The quantitative estimate of drug-likeness (QED) is 0.510. The van der Waals surface area contributed by atoms with Crippen molar-refractivity contribution in [3.8, 4) is 0 Å². The highest BCUT2D eigenvalue weighted by Gasteiger charge is 2.37. The Kier molecular flexibility index (Phi) is 5.18. The number of halogens is 4. The summed E-state index contributed by atoms with van der Waals surface area (Å²) in [6.45, 7) is 3.79. The average Bonchev–Trinajstić information content (AvgIpc) is 3.04. The van der Waals surface area contributed by atoms with Gasteiger partial charge in [0.15, 0.2) is 0 Å². The monoisotopic (exact) mass is 436 g/mol. The van der Waals surface area contributed by atoms with Gasteiger partial charge in [0.05, 0.1) is 11.7 Å². The van der Waals surface area contributed by atoms with Crippen molar-refractivity contribution in [3.05, 3.63) is 69.9 Å². The van der Waals surface area contributed by atoms with Gasteiger partial charge in [-0.3, -0.25) is 4.90 Å². The van der Waals surface area contributed by atoms with Gasteiger partial charge in [-0.05, 0) is 61.7 Å². The molecule has 0 saturated heterocycles. The number of amides is 1. The molecule has 1 unspecified atom stereocenters. The first-order valence-corrected chi connectivity index (χ1v) is 9.97. The van der Waals surface area contributed by atoms with Gasteiger partial charge in [0.25, 0.3) is 0 Å². The maximum Gasteiger partial charge on any atom is 0.416 e. The maximum atomic E-state index is 13.3. The minimum absolute atomic E-state index is 0.318. The summed E-state index contributed by atoms with van der Waals surface area (Å²) in [6, 6.07) is 9.75. The predicted molar refractivity (Wildman–Crippen MR) is 109 cm³/mol. The SMILES string of the molecule is CC(C)OC(=O)N1CCc2c([nH]c3ccc(Cl)cc23)C1c1cccc(C(F)(F)F)c1. The predicted octanol–water partition coefficient (Wildman–Crippen LogP) is 6.33. The zero-order valence-electron chi connectivity index (χ0n) is 16.4. The van der Waals surface area contributed by atoms with Crippen LogP contribution in [0.5, 0.6) is 0 Å². The van der Waals surface area contributed by atoms with E-state index in [0.717, 1.165) is 28.6 Å². The van der Waals surface area contributed by atoms with E-state index < -0.39 is 23.9 Å². The van der Waals surface area contributed by atoms with Crippen molar-refractivity contribution >= 4 is 28.6 Å². The number of ether oxygens (including phenoxy) is 1. The number of rotatable bonds is 2. The van der Waals surface area contributed by atoms with E-state index in [2.05, 4.69) is 4.98 Å². The molecular formula is C22H20ClF3N2O2. The minimum atomic E-state index is -4.48. The molecule has 0 saturated carbocycles. The molecule has 4 nitrogen and oxygen atoms in total. The molecule has 4 rings (SSSR count). The van der Waals surface area contributed by atoms with Crippen LogP contribution in [0.3, 0.4) is 0 Å². The van der Waals surface area contributed by atoms with Crippen LogP contribution in [0, 0.1) is 0 Å². The summed E-state index contributed by atoms with van der Waals surface area (Å²) in [7, 11) is 0. The Labute approximate surface area is 176 Å². The highest BCUT2D eigenvalue weighted by atomic mass is 35.5. The van der Waals surface area contributed by atoms with Crippen LogP contribution in [0.15, 0.2) is 42.5 Å². The largest absolute Gasteiger partial charge is 0.447 e. The Hall–Kier alpha value is -2.67. The van der Waals surface area contributed by atoms with E-state index in [9.17, 15) is 18.0 Å². The fourth-order valence-electron chi connectivity index (χ4n) is 3.96. The Morgan fingerprint density at radius 2 is 2.00 bits per heavy atom. The highest BCUT2D eigenvalue weighted by molar-refractivity contribution is 6.31. The molecule has 3 aromatic rings. The molecule has 2 heterocycles. The second kappa shape index (κ2) is 7.54. The molecule has 8 heteroatoms. The summed E-state index contributed by atoms with van der Waals surface area (Å²) in [5.74, 6) is 0. The van der Waals surface area contributed by atoms with Crippen molar-refractivity contribution in [1.82, 2.24) is 9.88 Å². The van der Waals surface area contributed by atoms with Gasteiger partial charge in [-0.1, -0.05) is 23.7 Å². The van der Waals surface area contributed by atoms with Gasteiger partial charge in [0.1, 0.15) is 6.04 Å². The fraction of sp³-hybridized carbons (Fsp3) is 0.318. The number of alkyl halides is 3. The van der Waals surface area contributed by atoms with Crippen LogP contribution >= 0.6 is 11.6 Å². The van der Waals surface area contributed by atoms with Crippen LogP contribution < -0.4 is 0 Å². The lowest BCUT2D eigenvalue weighted by Crippen LogP contribution is -2.41. The lowest BCUT2D eigenvalue weighted by molar-refractivity contribution is -0.137. The van der Waals surface area contributed by atoms with Gasteiger partial charge in [0.2, 0.25) is 0 Å². The summed E-state index contributed by atoms with van der Waals surface area (Å²) in [4.78, 5) is 17.6. The second-order valence-corrected chi connectivity index (χ2v) is 8.05. The normalized spacial score (nSPS) is 16.8. The number of aromatic nitrogens is 1. The lowest BCUT2D eigenvalue weighted by Gasteiger charge is -2.36. The van der Waals surface area contributed by atoms with Crippen molar-refractivity contribution in [1.29, 1.82) is 0 Å². The van der Waals surface area contributed by atoms with Gasteiger partial charge in [-0.2, -0.15) is 13.2 Å². The number of H-pyrrole nitrogens is 1. The van der Waals surface area contributed by atoms with E-state index >= 15 is 0 Å². The summed E-state index contributed by atoms with van der Waals surface area (Å²) in [6.07, 6.45) is -4.85. The molecule has 158 valence electrons. The Morgan fingerprint density at radius 3 is 2.70 bits per heavy atom. The summed E-state index contributed by atoms with van der Waals surface area (Å²) >= 11 is 6.16. The number of nitrogens with one attached hydrogen (secondary N) is 1. The van der Waals surface area contributed by atoms with Gasteiger partial charge in [0, 0.05) is 28.2 Å². The fourth-order valence-corrected chi connectivity index (χ4v) is 4.13. The van der Waals surface area contributed by atoms with E-state index in [0.29, 0.717) is 29.2 Å². The standard InChI is InChI=1S/C22H20ClF3N2O2/c1-12(2)30-21(29)28-9-8-16-17-11-15(23)6-7-18(17)27-19(16)20(28)13-4-3-5-14(10-13)22(24,25)26/h3-7,10-12,20,27H,8-9H2,1-2H3. The number of benzene rings is 2. The van der Waals surface area contributed by atoms with Crippen LogP contribution in [-0.4, -0.2) is 28.6 Å². The number of nitrogens with zero attached hydrogens (tertiary/aromatic N) is 1.